The maximum atomic E-state index is 12.5. The molecule has 1 aromatic carbocycles. The molecule has 1 fully saturated rings. The Hall–Kier alpha value is -1.76. The Bertz CT molecular complexity index is 609. The maximum absolute atomic E-state index is 12.5. The van der Waals surface area contributed by atoms with Crippen molar-refractivity contribution < 1.29 is 14.3 Å². The third-order valence-electron chi connectivity index (χ3n) is 3.32. The van der Waals surface area contributed by atoms with Gasteiger partial charge in [0.2, 0.25) is 5.91 Å². The van der Waals surface area contributed by atoms with Gasteiger partial charge in [0.05, 0.1) is 11.4 Å². The molecule has 0 bridgehead atoms. The molecule has 1 atom stereocenters. The second kappa shape index (κ2) is 6.78. The summed E-state index contributed by atoms with van der Waals surface area (Å²) in [4.78, 5) is 24.4. The molecular weight excluding hydrogens is 362 g/mol. The van der Waals surface area contributed by atoms with Crippen LogP contribution in [0.1, 0.15) is 33.6 Å². The number of benzene rings is 1. The molecule has 7 heteroatoms. The number of hydrogen-bond donors (Lipinski definition) is 3. The molecule has 0 aliphatic heterocycles. The van der Waals surface area contributed by atoms with Crippen LogP contribution in [0.3, 0.4) is 0 Å². The van der Waals surface area contributed by atoms with Gasteiger partial charge in [-0.1, -0.05) is 15.9 Å². The number of carbonyl (C=O) groups excluding carboxylic acids is 2. The third-order valence-corrected chi connectivity index (χ3v) is 3.81. The second-order valence-electron chi connectivity index (χ2n) is 6.68. The van der Waals surface area contributed by atoms with Crippen LogP contribution >= 0.6 is 15.9 Å². The number of nitrogens with two attached hydrogens (primary N) is 1. The van der Waals surface area contributed by atoms with Crippen LogP contribution in [0, 0.1) is 5.92 Å². The lowest BCUT2D eigenvalue weighted by molar-refractivity contribution is -0.118. The normalized spacial score (nSPS) is 15.7. The highest BCUT2D eigenvalue weighted by Gasteiger charge is 2.38. The summed E-state index contributed by atoms with van der Waals surface area (Å²) in [5, 5.41) is 5.44. The lowest BCUT2D eigenvalue weighted by Crippen LogP contribution is -2.47. The molecule has 0 saturated heterocycles. The summed E-state index contributed by atoms with van der Waals surface area (Å²) in [7, 11) is 0. The van der Waals surface area contributed by atoms with E-state index in [0.29, 0.717) is 11.4 Å². The molecule has 0 heterocycles. The Morgan fingerprint density at radius 2 is 2.00 bits per heavy atom. The van der Waals surface area contributed by atoms with Crippen molar-refractivity contribution in [2.24, 2.45) is 5.92 Å². The Morgan fingerprint density at radius 3 is 2.52 bits per heavy atom. The molecule has 2 amide bonds. The number of hydrogen-bond acceptors (Lipinski definition) is 4. The number of halogens is 1. The van der Waals surface area contributed by atoms with Crippen LogP contribution in [0.25, 0.3) is 0 Å². The van der Waals surface area contributed by atoms with Crippen LogP contribution in [-0.2, 0) is 9.53 Å². The van der Waals surface area contributed by atoms with E-state index in [-0.39, 0.29) is 11.8 Å². The van der Waals surface area contributed by atoms with Crippen LogP contribution in [0.15, 0.2) is 22.7 Å². The van der Waals surface area contributed by atoms with Gasteiger partial charge in [-0.2, -0.15) is 0 Å². The lowest BCUT2D eigenvalue weighted by atomic mass is 10.1. The SMILES string of the molecule is CC(C)(C)OC(=O)NC(C(=O)Nc1ccc(Br)cc1N)C1CC1. The average molecular weight is 384 g/mol. The smallest absolute Gasteiger partial charge is 0.408 e. The van der Waals surface area contributed by atoms with Gasteiger partial charge in [0.1, 0.15) is 11.6 Å². The lowest BCUT2D eigenvalue weighted by Gasteiger charge is -2.23. The minimum atomic E-state index is -0.618. The van der Waals surface area contributed by atoms with Gasteiger partial charge in [0.15, 0.2) is 0 Å². The number of carbonyl (C=O) groups is 2. The van der Waals surface area contributed by atoms with E-state index in [4.69, 9.17) is 10.5 Å². The number of nitrogen functional groups attached to an aromatic ring is 1. The summed E-state index contributed by atoms with van der Waals surface area (Å²) >= 11 is 3.32. The summed E-state index contributed by atoms with van der Waals surface area (Å²) < 4.78 is 6.06. The molecule has 1 saturated carbocycles. The van der Waals surface area contributed by atoms with Crippen molar-refractivity contribution in [1.82, 2.24) is 5.32 Å². The standard InChI is InChI=1S/C16H22BrN3O3/c1-16(2,3)23-15(22)20-13(9-4-5-9)14(21)19-12-7-6-10(17)8-11(12)18/h6-9,13H,4-5,18H2,1-3H3,(H,19,21)(H,20,22). The first kappa shape index (κ1) is 17.6. The number of rotatable bonds is 4. The first-order valence-corrected chi connectivity index (χ1v) is 8.30. The number of alkyl carbamates (subject to hydrolysis) is 1. The minimum absolute atomic E-state index is 0.138. The summed E-state index contributed by atoms with van der Waals surface area (Å²) in [6.07, 6.45) is 1.22. The molecule has 0 spiro atoms. The fourth-order valence-electron chi connectivity index (χ4n) is 2.12. The molecule has 126 valence electrons. The van der Waals surface area contributed by atoms with E-state index >= 15 is 0 Å². The molecule has 4 N–H and O–H groups in total. The van der Waals surface area contributed by atoms with Crippen molar-refractivity contribution in [3.63, 3.8) is 0 Å². The highest BCUT2D eigenvalue weighted by atomic mass is 79.9. The fourth-order valence-corrected chi connectivity index (χ4v) is 2.50. The van der Waals surface area contributed by atoms with Crippen molar-refractivity contribution in [3.8, 4) is 0 Å². The van der Waals surface area contributed by atoms with Gasteiger partial charge in [-0.25, -0.2) is 4.79 Å². The zero-order chi connectivity index (χ0) is 17.2. The number of nitrogens with one attached hydrogen (secondary N) is 2. The first-order chi connectivity index (χ1) is 10.7. The molecular formula is C16H22BrN3O3. The van der Waals surface area contributed by atoms with Gasteiger partial charge in [0, 0.05) is 4.47 Å². The molecule has 0 radical (unpaired) electrons. The van der Waals surface area contributed by atoms with Crippen molar-refractivity contribution in [2.75, 3.05) is 11.1 Å². The molecule has 1 aromatic rings. The molecule has 1 aliphatic rings. The number of ether oxygens (including phenoxy) is 1. The largest absolute Gasteiger partial charge is 0.444 e. The van der Waals surface area contributed by atoms with Crippen LogP contribution < -0.4 is 16.4 Å². The zero-order valence-corrected chi connectivity index (χ0v) is 15.1. The molecule has 6 nitrogen and oxygen atoms in total. The minimum Gasteiger partial charge on any atom is -0.444 e. The molecule has 0 aromatic heterocycles. The highest BCUT2D eigenvalue weighted by Crippen LogP contribution is 2.34. The van der Waals surface area contributed by atoms with Crippen molar-refractivity contribution >= 4 is 39.3 Å². The summed E-state index contributed by atoms with van der Waals surface area (Å²) in [5.41, 5.74) is 6.26. The van der Waals surface area contributed by atoms with E-state index in [1.54, 1.807) is 39.0 Å². The van der Waals surface area contributed by atoms with Gasteiger partial charge in [-0.05, 0) is 57.7 Å². The quantitative estimate of drug-likeness (QED) is 0.695. The summed E-state index contributed by atoms with van der Waals surface area (Å²) in [6, 6.07) is 4.60. The molecule has 1 unspecified atom stereocenters. The monoisotopic (exact) mass is 383 g/mol. The van der Waals surface area contributed by atoms with E-state index < -0.39 is 17.7 Å². The van der Waals surface area contributed by atoms with Crippen LogP contribution in [0.4, 0.5) is 16.2 Å². The van der Waals surface area contributed by atoms with Crippen molar-refractivity contribution in [2.45, 2.75) is 45.3 Å². The topological polar surface area (TPSA) is 93.4 Å². The Morgan fingerprint density at radius 1 is 1.35 bits per heavy atom. The van der Waals surface area contributed by atoms with Gasteiger partial charge in [-0.3, -0.25) is 4.79 Å². The van der Waals surface area contributed by atoms with Crippen molar-refractivity contribution in [1.29, 1.82) is 0 Å². The average Bonchev–Trinajstić information content (AvgIpc) is 3.21. The summed E-state index contributed by atoms with van der Waals surface area (Å²) in [5.74, 6) is -0.147. The van der Waals surface area contributed by atoms with E-state index in [2.05, 4.69) is 26.6 Å². The van der Waals surface area contributed by atoms with Crippen LogP contribution in [0.5, 0.6) is 0 Å². The molecule has 23 heavy (non-hydrogen) atoms. The van der Waals surface area contributed by atoms with E-state index in [1.165, 1.54) is 0 Å². The van der Waals surface area contributed by atoms with Crippen LogP contribution in [-0.4, -0.2) is 23.6 Å². The predicted octanol–water partition coefficient (Wildman–Crippen LogP) is 3.27. The Balaban J connectivity index is 2.03. The summed E-state index contributed by atoms with van der Waals surface area (Å²) in [6.45, 7) is 5.34. The second-order valence-corrected chi connectivity index (χ2v) is 7.60. The third kappa shape index (κ3) is 5.42. The molecule has 2 rings (SSSR count). The molecule has 1 aliphatic carbocycles. The zero-order valence-electron chi connectivity index (χ0n) is 13.5. The van der Waals surface area contributed by atoms with E-state index in [9.17, 15) is 9.59 Å². The van der Waals surface area contributed by atoms with Crippen molar-refractivity contribution in [3.05, 3.63) is 22.7 Å². The number of anilines is 2. The first-order valence-electron chi connectivity index (χ1n) is 7.51. The fraction of sp³-hybridized carbons (Fsp3) is 0.500. The van der Waals surface area contributed by atoms with Gasteiger partial charge in [-0.15, -0.1) is 0 Å². The van der Waals surface area contributed by atoms with E-state index in [1.807, 2.05) is 0 Å². The maximum Gasteiger partial charge on any atom is 0.408 e. The number of amides is 2. The van der Waals surface area contributed by atoms with Gasteiger partial charge in [0.25, 0.3) is 0 Å². The van der Waals surface area contributed by atoms with Gasteiger partial charge < -0.3 is 21.1 Å². The Kier molecular flexibility index (Phi) is 5.19. The predicted molar refractivity (Wildman–Crippen MR) is 93.1 cm³/mol. The highest BCUT2D eigenvalue weighted by molar-refractivity contribution is 9.10. The van der Waals surface area contributed by atoms with Crippen LogP contribution in [0.2, 0.25) is 0 Å². The van der Waals surface area contributed by atoms with E-state index in [0.717, 1.165) is 17.3 Å². The van der Waals surface area contributed by atoms with Gasteiger partial charge >= 0.3 is 6.09 Å². The Labute approximate surface area is 144 Å².